The molecule has 0 saturated carbocycles. The van der Waals surface area contributed by atoms with E-state index in [4.69, 9.17) is 9.47 Å². The first-order valence-electron chi connectivity index (χ1n) is 9.08. The van der Waals surface area contributed by atoms with Gasteiger partial charge < -0.3 is 19.9 Å². The summed E-state index contributed by atoms with van der Waals surface area (Å²) in [7, 11) is 3.15. The summed E-state index contributed by atoms with van der Waals surface area (Å²) < 4.78 is 10.4. The van der Waals surface area contributed by atoms with E-state index in [2.05, 4.69) is 5.32 Å². The third-order valence-corrected chi connectivity index (χ3v) is 4.80. The van der Waals surface area contributed by atoms with Crippen LogP contribution in [0.2, 0.25) is 0 Å². The van der Waals surface area contributed by atoms with E-state index in [1.54, 1.807) is 45.4 Å². The summed E-state index contributed by atoms with van der Waals surface area (Å²) in [6.07, 6.45) is 0.00826. The highest BCUT2D eigenvalue weighted by Gasteiger charge is 2.32. The molecule has 0 aromatic heterocycles. The van der Waals surface area contributed by atoms with Crippen LogP contribution in [0.4, 0.5) is 0 Å². The Morgan fingerprint density at radius 2 is 1.71 bits per heavy atom. The molecule has 28 heavy (non-hydrogen) atoms. The van der Waals surface area contributed by atoms with Crippen LogP contribution in [0.15, 0.2) is 48.5 Å². The van der Waals surface area contributed by atoms with E-state index >= 15 is 0 Å². The molecule has 0 radical (unpaired) electrons. The minimum Gasteiger partial charge on any atom is -0.497 e. The number of methoxy groups -OCH3 is 2. The number of benzene rings is 2. The molecule has 2 N–H and O–H groups in total. The van der Waals surface area contributed by atoms with Crippen LogP contribution >= 0.6 is 0 Å². The Balaban J connectivity index is 2.16. The van der Waals surface area contributed by atoms with Crippen molar-refractivity contribution >= 4 is 11.9 Å². The number of ether oxygens (including phenoxy) is 2. The van der Waals surface area contributed by atoms with Crippen LogP contribution in [0, 0.1) is 0 Å². The summed E-state index contributed by atoms with van der Waals surface area (Å²) in [5.41, 5.74) is 0.647. The van der Waals surface area contributed by atoms with Crippen molar-refractivity contribution in [3.8, 4) is 11.5 Å². The van der Waals surface area contributed by atoms with Gasteiger partial charge in [0.25, 0.3) is 0 Å². The van der Waals surface area contributed by atoms with Gasteiger partial charge in [-0.2, -0.15) is 0 Å². The SMILES string of the molecule is COc1ccc(C(C)CC(=O)NC(C)(CC(=O)O)c2cccc(OC)c2)cc1. The maximum absolute atomic E-state index is 12.7. The van der Waals surface area contributed by atoms with Crippen LogP contribution < -0.4 is 14.8 Å². The van der Waals surface area contributed by atoms with Gasteiger partial charge >= 0.3 is 5.97 Å². The van der Waals surface area contributed by atoms with Crippen LogP contribution in [0.3, 0.4) is 0 Å². The number of hydrogen-bond donors (Lipinski definition) is 2. The van der Waals surface area contributed by atoms with Gasteiger partial charge in [-0.15, -0.1) is 0 Å². The van der Waals surface area contributed by atoms with E-state index in [-0.39, 0.29) is 24.7 Å². The van der Waals surface area contributed by atoms with Crippen molar-refractivity contribution in [3.05, 3.63) is 59.7 Å². The lowest BCUT2D eigenvalue weighted by Gasteiger charge is -2.31. The Morgan fingerprint density at radius 3 is 2.29 bits per heavy atom. The number of carboxylic acid groups (broad SMARTS) is 1. The van der Waals surface area contributed by atoms with E-state index in [0.29, 0.717) is 11.3 Å². The highest BCUT2D eigenvalue weighted by molar-refractivity contribution is 5.79. The highest BCUT2D eigenvalue weighted by Crippen LogP contribution is 2.29. The van der Waals surface area contributed by atoms with Crippen LogP contribution in [-0.4, -0.2) is 31.2 Å². The predicted molar refractivity (Wildman–Crippen MR) is 107 cm³/mol. The van der Waals surface area contributed by atoms with Gasteiger partial charge in [0.1, 0.15) is 11.5 Å². The van der Waals surface area contributed by atoms with E-state index < -0.39 is 11.5 Å². The minimum atomic E-state index is -1.04. The molecule has 2 unspecified atom stereocenters. The van der Waals surface area contributed by atoms with E-state index in [1.807, 2.05) is 31.2 Å². The molecule has 150 valence electrons. The average Bonchev–Trinajstić information content (AvgIpc) is 2.67. The molecule has 0 aliphatic carbocycles. The fourth-order valence-electron chi connectivity index (χ4n) is 3.17. The van der Waals surface area contributed by atoms with Gasteiger partial charge in [-0.1, -0.05) is 31.2 Å². The highest BCUT2D eigenvalue weighted by atomic mass is 16.5. The molecule has 0 saturated heterocycles. The van der Waals surface area contributed by atoms with Crippen molar-refractivity contribution in [1.82, 2.24) is 5.32 Å². The smallest absolute Gasteiger partial charge is 0.306 e. The second kappa shape index (κ2) is 9.26. The van der Waals surface area contributed by atoms with Gasteiger partial charge in [0.2, 0.25) is 5.91 Å². The molecule has 1 amide bonds. The Hall–Kier alpha value is -3.02. The van der Waals surface area contributed by atoms with Crippen molar-refractivity contribution in [2.24, 2.45) is 0 Å². The monoisotopic (exact) mass is 385 g/mol. The zero-order chi connectivity index (χ0) is 20.7. The van der Waals surface area contributed by atoms with Crippen LogP contribution in [0.1, 0.15) is 43.7 Å². The van der Waals surface area contributed by atoms with E-state index in [1.165, 1.54) is 0 Å². The summed E-state index contributed by atoms with van der Waals surface area (Å²) in [6, 6.07) is 14.7. The van der Waals surface area contributed by atoms with Gasteiger partial charge in [-0.05, 0) is 48.2 Å². The van der Waals surface area contributed by atoms with Gasteiger partial charge in [0.05, 0.1) is 26.2 Å². The van der Waals surface area contributed by atoms with Crippen molar-refractivity contribution in [2.75, 3.05) is 14.2 Å². The minimum absolute atomic E-state index is 0.0229. The maximum Gasteiger partial charge on any atom is 0.306 e. The summed E-state index contributed by atoms with van der Waals surface area (Å²) >= 11 is 0. The summed E-state index contributed by atoms with van der Waals surface area (Å²) in [6.45, 7) is 3.67. The molecule has 6 nitrogen and oxygen atoms in total. The number of nitrogens with one attached hydrogen (secondary N) is 1. The number of carbonyl (C=O) groups excluding carboxylic acids is 1. The molecule has 0 spiro atoms. The molecule has 2 atom stereocenters. The lowest BCUT2D eigenvalue weighted by molar-refractivity contribution is -0.139. The number of aliphatic carboxylic acids is 1. The topological polar surface area (TPSA) is 84.9 Å². The molecular formula is C22H27NO5. The van der Waals surface area contributed by atoms with E-state index in [0.717, 1.165) is 11.3 Å². The lowest BCUT2D eigenvalue weighted by Crippen LogP contribution is -2.45. The predicted octanol–water partition coefficient (Wildman–Crippen LogP) is 3.70. The second-order valence-electron chi connectivity index (χ2n) is 7.06. The first-order chi connectivity index (χ1) is 13.3. The average molecular weight is 385 g/mol. The molecule has 2 aromatic carbocycles. The van der Waals surface area contributed by atoms with E-state index in [9.17, 15) is 14.7 Å². The van der Waals surface area contributed by atoms with Crippen molar-refractivity contribution in [3.63, 3.8) is 0 Å². The first-order valence-corrected chi connectivity index (χ1v) is 9.08. The number of hydrogen-bond acceptors (Lipinski definition) is 4. The second-order valence-corrected chi connectivity index (χ2v) is 7.06. The third-order valence-electron chi connectivity index (χ3n) is 4.80. The Labute approximate surface area is 165 Å². The fraction of sp³-hybridized carbons (Fsp3) is 0.364. The van der Waals surface area contributed by atoms with Crippen LogP contribution in [0.5, 0.6) is 11.5 Å². The standard InChI is InChI=1S/C22H27NO5/c1-15(16-8-10-18(27-3)11-9-16)12-20(24)23-22(2,14-21(25)26)17-6-5-7-19(13-17)28-4/h5-11,13,15H,12,14H2,1-4H3,(H,23,24)(H,25,26). The normalized spacial score (nSPS) is 13.9. The maximum atomic E-state index is 12.7. The lowest BCUT2D eigenvalue weighted by atomic mass is 9.87. The molecule has 0 heterocycles. The van der Waals surface area contributed by atoms with Crippen LogP contribution in [0.25, 0.3) is 0 Å². The third kappa shape index (κ3) is 5.49. The molecule has 0 aliphatic heterocycles. The molecule has 2 aromatic rings. The largest absolute Gasteiger partial charge is 0.497 e. The quantitative estimate of drug-likeness (QED) is 0.687. The molecule has 0 aliphatic rings. The zero-order valence-corrected chi connectivity index (χ0v) is 16.7. The summed E-state index contributed by atoms with van der Waals surface area (Å²) in [4.78, 5) is 24.1. The first kappa shape index (κ1) is 21.3. The zero-order valence-electron chi connectivity index (χ0n) is 16.7. The van der Waals surface area contributed by atoms with Gasteiger partial charge in [-0.3, -0.25) is 9.59 Å². The number of carbonyl (C=O) groups is 2. The van der Waals surface area contributed by atoms with Gasteiger partial charge in [0.15, 0.2) is 0 Å². The Bertz CT molecular complexity index is 818. The molecule has 6 heteroatoms. The van der Waals surface area contributed by atoms with Crippen molar-refractivity contribution < 1.29 is 24.2 Å². The fourth-order valence-corrected chi connectivity index (χ4v) is 3.17. The summed E-state index contributed by atoms with van der Waals surface area (Å²) in [5, 5.41) is 12.3. The van der Waals surface area contributed by atoms with Crippen molar-refractivity contribution in [1.29, 1.82) is 0 Å². The number of amides is 1. The Kier molecular flexibility index (Phi) is 7.04. The Morgan fingerprint density at radius 1 is 1.07 bits per heavy atom. The number of carboxylic acids is 1. The van der Waals surface area contributed by atoms with Gasteiger partial charge in [0, 0.05) is 6.42 Å². The molecule has 0 fully saturated rings. The molecular weight excluding hydrogens is 358 g/mol. The molecule has 2 rings (SSSR count). The van der Waals surface area contributed by atoms with Crippen molar-refractivity contribution in [2.45, 2.75) is 38.1 Å². The van der Waals surface area contributed by atoms with Gasteiger partial charge in [-0.25, -0.2) is 0 Å². The summed E-state index contributed by atoms with van der Waals surface area (Å²) in [5.74, 6) is 0.136. The van der Waals surface area contributed by atoms with Crippen LogP contribution in [-0.2, 0) is 15.1 Å². The number of rotatable bonds is 9. The molecule has 0 bridgehead atoms.